The Morgan fingerprint density at radius 3 is 2.63 bits per heavy atom. The highest BCUT2D eigenvalue weighted by Gasteiger charge is 2.40. The molecule has 7 nitrogen and oxygen atoms in total. The second-order valence-electron chi connectivity index (χ2n) is 5.66. The van der Waals surface area contributed by atoms with Crippen molar-refractivity contribution in [3.8, 4) is 0 Å². The minimum absolute atomic E-state index is 0.220. The Bertz CT molecular complexity index is 503. The molecule has 104 valence electrons. The molecule has 1 fully saturated rings. The minimum atomic E-state index is -0.462. The Kier molecular flexibility index (Phi) is 3.30. The molecule has 1 saturated heterocycles. The van der Waals surface area contributed by atoms with Gasteiger partial charge in [0.15, 0.2) is 0 Å². The van der Waals surface area contributed by atoms with Crippen LogP contribution in [0.5, 0.6) is 0 Å². The molecule has 1 aromatic rings. The first kappa shape index (κ1) is 13.5. The summed E-state index contributed by atoms with van der Waals surface area (Å²) >= 11 is 0. The van der Waals surface area contributed by atoms with Crippen molar-refractivity contribution in [3.63, 3.8) is 0 Å². The van der Waals surface area contributed by atoms with E-state index in [9.17, 15) is 9.59 Å². The fraction of sp³-hybridized carbons (Fsp3) is 0.667. The molecule has 0 aliphatic carbocycles. The highest BCUT2D eigenvalue weighted by atomic mass is 16.4. The Balaban J connectivity index is 2.21. The lowest BCUT2D eigenvalue weighted by Gasteiger charge is -2.26. The molecule has 2 rings (SSSR count). The molecule has 19 heavy (non-hydrogen) atoms. The molecular weight excluding hydrogens is 248 g/mol. The molecule has 0 spiro atoms. The van der Waals surface area contributed by atoms with E-state index in [0.717, 1.165) is 0 Å². The standard InChI is InChI=1S/C12H18N4O3/c1-7-14-15-10(19-7)8-5-6-9(17)16(8)11(18)13-12(2,3)4/h8H,5-6H2,1-4H3,(H,13,18). The topological polar surface area (TPSA) is 88.3 Å². The summed E-state index contributed by atoms with van der Waals surface area (Å²) in [5, 5.41) is 10.4. The Hall–Kier alpha value is -1.92. The van der Waals surface area contributed by atoms with E-state index in [2.05, 4.69) is 15.5 Å². The Labute approximate surface area is 111 Å². The molecule has 0 bridgehead atoms. The molecule has 0 saturated carbocycles. The van der Waals surface area contributed by atoms with Crippen molar-refractivity contribution in [2.24, 2.45) is 0 Å². The Morgan fingerprint density at radius 1 is 1.42 bits per heavy atom. The number of urea groups is 1. The molecule has 1 N–H and O–H groups in total. The number of hydrogen-bond donors (Lipinski definition) is 1. The van der Waals surface area contributed by atoms with E-state index < -0.39 is 17.6 Å². The number of nitrogens with zero attached hydrogens (tertiary/aromatic N) is 3. The predicted molar refractivity (Wildman–Crippen MR) is 66.1 cm³/mol. The lowest BCUT2D eigenvalue weighted by Crippen LogP contribution is -2.49. The van der Waals surface area contributed by atoms with Gasteiger partial charge < -0.3 is 9.73 Å². The van der Waals surface area contributed by atoms with Gasteiger partial charge in [0.05, 0.1) is 0 Å². The number of rotatable bonds is 1. The number of amides is 3. The fourth-order valence-corrected chi connectivity index (χ4v) is 2.00. The maximum atomic E-state index is 12.2. The lowest BCUT2D eigenvalue weighted by atomic mass is 10.1. The van der Waals surface area contributed by atoms with Crippen LogP contribution in [0.2, 0.25) is 0 Å². The third-order valence-corrected chi connectivity index (χ3v) is 2.74. The van der Waals surface area contributed by atoms with Crippen molar-refractivity contribution in [2.45, 2.75) is 52.1 Å². The number of imide groups is 1. The molecule has 7 heteroatoms. The normalized spacial score (nSPS) is 19.9. The number of nitrogens with one attached hydrogen (secondary N) is 1. The molecular formula is C12H18N4O3. The molecule has 3 amide bonds. The zero-order valence-corrected chi connectivity index (χ0v) is 11.6. The second kappa shape index (κ2) is 4.64. The minimum Gasteiger partial charge on any atom is -0.423 e. The largest absolute Gasteiger partial charge is 0.423 e. The molecule has 1 aliphatic rings. The highest BCUT2D eigenvalue weighted by molar-refractivity contribution is 5.96. The zero-order chi connectivity index (χ0) is 14.2. The summed E-state index contributed by atoms with van der Waals surface area (Å²) in [5.41, 5.74) is -0.407. The summed E-state index contributed by atoms with van der Waals surface area (Å²) in [7, 11) is 0. The molecule has 0 aromatic carbocycles. The van der Waals surface area contributed by atoms with Gasteiger partial charge in [0.2, 0.25) is 17.7 Å². The number of hydrogen-bond acceptors (Lipinski definition) is 5. The van der Waals surface area contributed by atoms with E-state index in [0.29, 0.717) is 24.6 Å². The van der Waals surface area contributed by atoms with E-state index in [4.69, 9.17) is 4.42 Å². The van der Waals surface area contributed by atoms with Crippen LogP contribution < -0.4 is 5.32 Å². The van der Waals surface area contributed by atoms with Gasteiger partial charge in [-0.25, -0.2) is 4.79 Å². The van der Waals surface area contributed by atoms with Crippen molar-refractivity contribution >= 4 is 11.9 Å². The SMILES string of the molecule is Cc1nnc(C2CCC(=O)N2C(=O)NC(C)(C)C)o1. The smallest absolute Gasteiger partial charge is 0.325 e. The maximum absolute atomic E-state index is 12.2. The third-order valence-electron chi connectivity index (χ3n) is 2.74. The summed E-state index contributed by atoms with van der Waals surface area (Å²) in [6.45, 7) is 7.25. The van der Waals surface area contributed by atoms with Gasteiger partial charge in [0, 0.05) is 18.9 Å². The maximum Gasteiger partial charge on any atom is 0.325 e. The van der Waals surface area contributed by atoms with Crippen LogP contribution in [0.25, 0.3) is 0 Å². The number of aromatic nitrogens is 2. The first-order valence-corrected chi connectivity index (χ1v) is 6.22. The van der Waals surface area contributed by atoms with E-state index >= 15 is 0 Å². The molecule has 1 aromatic heterocycles. The van der Waals surface area contributed by atoms with Gasteiger partial charge in [-0.15, -0.1) is 10.2 Å². The number of aryl methyl sites for hydroxylation is 1. The van der Waals surface area contributed by atoms with Gasteiger partial charge in [-0.05, 0) is 27.2 Å². The molecule has 1 unspecified atom stereocenters. The summed E-state index contributed by atoms with van der Waals surface area (Å²) in [6.07, 6.45) is 0.821. The van der Waals surface area contributed by atoms with Gasteiger partial charge in [-0.2, -0.15) is 0 Å². The van der Waals surface area contributed by atoms with Crippen LogP contribution in [0.3, 0.4) is 0 Å². The van der Waals surface area contributed by atoms with Gasteiger partial charge in [-0.3, -0.25) is 9.69 Å². The molecule has 0 radical (unpaired) electrons. The third kappa shape index (κ3) is 2.91. The predicted octanol–water partition coefficient (Wildman–Crippen LogP) is 1.55. The van der Waals surface area contributed by atoms with Crippen molar-refractivity contribution in [2.75, 3.05) is 0 Å². The summed E-state index contributed by atoms with van der Waals surface area (Å²) in [4.78, 5) is 25.2. The first-order chi connectivity index (χ1) is 8.78. The number of carbonyl (C=O) groups excluding carboxylic acids is 2. The summed E-state index contributed by atoms with van der Waals surface area (Å²) in [5.74, 6) is 0.514. The van der Waals surface area contributed by atoms with Crippen LogP contribution in [-0.4, -0.2) is 32.6 Å². The van der Waals surface area contributed by atoms with Crippen molar-refractivity contribution in [3.05, 3.63) is 11.8 Å². The molecule has 1 atom stereocenters. The second-order valence-corrected chi connectivity index (χ2v) is 5.66. The highest BCUT2D eigenvalue weighted by Crippen LogP contribution is 2.32. The lowest BCUT2D eigenvalue weighted by molar-refractivity contribution is -0.126. The van der Waals surface area contributed by atoms with E-state index in [1.54, 1.807) is 6.92 Å². The Morgan fingerprint density at radius 2 is 2.11 bits per heavy atom. The quantitative estimate of drug-likeness (QED) is 0.833. The van der Waals surface area contributed by atoms with Crippen LogP contribution in [0.1, 0.15) is 51.4 Å². The number of carbonyl (C=O) groups is 2. The first-order valence-electron chi connectivity index (χ1n) is 6.22. The average molecular weight is 266 g/mol. The van der Waals surface area contributed by atoms with E-state index in [1.165, 1.54) is 4.90 Å². The van der Waals surface area contributed by atoms with E-state index in [1.807, 2.05) is 20.8 Å². The summed E-state index contributed by atoms with van der Waals surface area (Å²) in [6, 6.07) is -0.882. The van der Waals surface area contributed by atoms with Crippen molar-refractivity contribution in [1.82, 2.24) is 20.4 Å². The molecule has 1 aliphatic heterocycles. The van der Waals surface area contributed by atoms with Crippen LogP contribution in [0, 0.1) is 6.92 Å². The average Bonchev–Trinajstić information content (AvgIpc) is 2.81. The van der Waals surface area contributed by atoms with Crippen LogP contribution in [0.15, 0.2) is 4.42 Å². The van der Waals surface area contributed by atoms with Crippen molar-refractivity contribution in [1.29, 1.82) is 0 Å². The van der Waals surface area contributed by atoms with Crippen LogP contribution >= 0.6 is 0 Å². The van der Waals surface area contributed by atoms with Gasteiger partial charge in [0.25, 0.3) is 0 Å². The van der Waals surface area contributed by atoms with Gasteiger partial charge in [0.1, 0.15) is 6.04 Å². The van der Waals surface area contributed by atoms with Crippen LogP contribution in [-0.2, 0) is 4.79 Å². The summed E-state index contributed by atoms with van der Waals surface area (Å²) < 4.78 is 5.33. The monoisotopic (exact) mass is 266 g/mol. The molecule has 2 heterocycles. The zero-order valence-electron chi connectivity index (χ0n) is 11.6. The van der Waals surface area contributed by atoms with Crippen LogP contribution in [0.4, 0.5) is 4.79 Å². The van der Waals surface area contributed by atoms with Gasteiger partial charge in [-0.1, -0.05) is 0 Å². The number of likely N-dealkylation sites (tertiary alicyclic amines) is 1. The fourth-order valence-electron chi connectivity index (χ4n) is 2.00. The van der Waals surface area contributed by atoms with E-state index in [-0.39, 0.29) is 5.91 Å². The van der Waals surface area contributed by atoms with Crippen molar-refractivity contribution < 1.29 is 14.0 Å². The van der Waals surface area contributed by atoms with Gasteiger partial charge >= 0.3 is 6.03 Å².